The molecule has 1 unspecified atom stereocenters. The van der Waals surface area contributed by atoms with E-state index in [1.54, 1.807) is 6.92 Å². The zero-order valence-corrected chi connectivity index (χ0v) is 38.3. The number of ether oxygens (including phenoxy) is 2. The molecule has 0 rings (SSSR count). The lowest BCUT2D eigenvalue weighted by molar-refractivity contribution is -0.870. The molecule has 0 amide bonds. The van der Waals surface area contributed by atoms with Crippen LogP contribution in [0.2, 0.25) is 0 Å². The SMILES string of the molecule is CCCCCCCC/C=C/CCCCCCCC(=O)OC[C@H](COP(=O)(OCC)OCC[N+](C)(C)C)OC(=O)CCCCCCC/C=C/CCCCCCCC. The van der Waals surface area contributed by atoms with Gasteiger partial charge in [-0.15, -0.1) is 0 Å². The van der Waals surface area contributed by atoms with Crippen molar-refractivity contribution in [3.8, 4) is 0 Å². The first-order chi connectivity index (χ1) is 27.0. The van der Waals surface area contributed by atoms with Crippen LogP contribution in [0.4, 0.5) is 0 Å². The number of quaternary nitrogens is 1. The molecule has 10 heteroatoms. The molecule has 0 N–H and O–H groups in total. The van der Waals surface area contributed by atoms with Crippen molar-refractivity contribution in [2.75, 3.05) is 54.1 Å². The van der Waals surface area contributed by atoms with E-state index in [1.807, 2.05) is 21.1 Å². The summed E-state index contributed by atoms with van der Waals surface area (Å²) >= 11 is 0. The van der Waals surface area contributed by atoms with Crippen LogP contribution in [0.25, 0.3) is 0 Å². The van der Waals surface area contributed by atoms with Crippen LogP contribution < -0.4 is 0 Å². The number of carbonyl (C=O) groups is 2. The van der Waals surface area contributed by atoms with E-state index in [1.165, 1.54) is 96.3 Å². The molecule has 0 aliphatic rings. The van der Waals surface area contributed by atoms with Gasteiger partial charge in [0.2, 0.25) is 0 Å². The average Bonchev–Trinajstić information content (AvgIpc) is 3.15. The van der Waals surface area contributed by atoms with Gasteiger partial charge in [0, 0.05) is 12.8 Å². The fourth-order valence-corrected chi connectivity index (χ4v) is 7.36. The number of carbonyl (C=O) groups excluding carboxylic acids is 2. The molecule has 9 nitrogen and oxygen atoms in total. The van der Waals surface area contributed by atoms with Crippen molar-refractivity contribution in [2.24, 2.45) is 0 Å². The molecule has 0 spiro atoms. The highest BCUT2D eigenvalue weighted by Gasteiger charge is 2.30. The Morgan fingerprint density at radius 1 is 0.518 bits per heavy atom. The number of esters is 2. The van der Waals surface area contributed by atoms with Crippen LogP contribution in [0.15, 0.2) is 24.3 Å². The highest BCUT2D eigenvalue weighted by atomic mass is 31.2. The lowest BCUT2D eigenvalue weighted by Gasteiger charge is -2.25. The number of likely N-dealkylation sites (N-methyl/N-ethyl adjacent to an activating group) is 1. The van der Waals surface area contributed by atoms with E-state index in [-0.39, 0.29) is 44.8 Å². The summed E-state index contributed by atoms with van der Waals surface area (Å²) in [5, 5.41) is 0. The Balaban J connectivity index is 4.57. The molecular formula is C46H89NO8P+. The normalized spacial score (nSPS) is 13.8. The van der Waals surface area contributed by atoms with Gasteiger partial charge in [-0.05, 0) is 71.1 Å². The first kappa shape index (κ1) is 54.5. The van der Waals surface area contributed by atoms with Crippen LogP contribution in [0.3, 0.4) is 0 Å². The lowest BCUT2D eigenvalue weighted by atomic mass is 10.1. The summed E-state index contributed by atoms with van der Waals surface area (Å²) in [4.78, 5) is 25.4. The Morgan fingerprint density at radius 2 is 0.929 bits per heavy atom. The summed E-state index contributed by atoms with van der Waals surface area (Å²) in [5.41, 5.74) is 0. The standard InChI is InChI=1S/C46H89NO8P/c1-7-10-12-14-16-18-20-22-24-26-28-30-32-34-36-38-45(48)51-42-44(43-54-56(50,52-9-3)53-41-40-47(4,5)6)55-46(49)39-37-35-33-31-29-27-25-23-21-19-17-15-13-11-8-2/h22-25,44H,7-21,26-43H2,1-6H3/q+1/b24-22+,25-23+/t44-,56?/m1/s1. The molecule has 330 valence electrons. The van der Waals surface area contributed by atoms with Crippen molar-refractivity contribution in [3.05, 3.63) is 24.3 Å². The monoisotopic (exact) mass is 815 g/mol. The second-order valence-electron chi connectivity index (χ2n) is 16.5. The van der Waals surface area contributed by atoms with Crippen LogP contribution in [0.5, 0.6) is 0 Å². The van der Waals surface area contributed by atoms with Gasteiger partial charge >= 0.3 is 19.8 Å². The fourth-order valence-electron chi connectivity index (χ4n) is 6.17. The van der Waals surface area contributed by atoms with E-state index in [4.69, 9.17) is 23.0 Å². The molecule has 0 fully saturated rings. The molecule has 0 radical (unpaired) electrons. The van der Waals surface area contributed by atoms with Crippen molar-refractivity contribution >= 4 is 19.8 Å². The molecule has 0 bridgehead atoms. The summed E-state index contributed by atoms with van der Waals surface area (Å²) < 4.78 is 41.7. The number of phosphoric ester groups is 1. The maximum Gasteiger partial charge on any atom is 0.475 e. The van der Waals surface area contributed by atoms with Gasteiger partial charge in [0.1, 0.15) is 19.8 Å². The highest BCUT2D eigenvalue weighted by Crippen LogP contribution is 2.49. The Hall–Kier alpha value is -1.51. The summed E-state index contributed by atoms with van der Waals surface area (Å²) in [7, 11) is 2.12. The minimum Gasteiger partial charge on any atom is -0.462 e. The number of hydrogen-bond donors (Lipinski definition) is 0. The first-order valence-electron chi connectivity index (χ1n) is 23.0. The maximum absolute atomic E-state index is 13.3. The molecule has 0 heterocycles. The van der Waals surface area contributed by atoms with Crippen molar-refractivity contribution in [1.82, 2.24) is 0 Å². The quantitative estimate of drug-likeness (QED) is 0.0198. The summed E-state index contributed by atoms with van der Waals surface area (Å²) in [5.74, 6) is -0.727. The van der Waals surface area contributed by atoms with Gasteiger partial charge in [-0.1, -0.05) is 141 Å². The van der Waals surface area contributed by atoms with E-state index in [0.29, 0.717) is 17.4 Å². The third-order valence-corrected chi connectivity index (χ3v) is 11.3. The van der Waals surface area contributed by atoms with Crippen LogP contribution in [0, 0.1) is 0 Å². The average molecular weight is 815 g/mol. The Labute approximate surface area is 345 Å². The third kappa shape index (κ3) is 39.3. The molecule has 0 aromatic heterocycles. The van der Waals surface area contributed by atoms with Crippen molar-refractivity contribution in [2.45, 2.75) is 207 Å². The minimum atomic E-state index is -3.90. The molecule has 0 aromatic rings. The van der Waals surface area contributed by atoms with E-state index in [2.05, 4.69) is 38.2 Å². The molecule has 2 atom stereocenters. The first-order valence-corrected chi connectivity index (χ1v) is 24.5. The summed E-state index contributed by atoms with van der Waals surface area (Å²) in [6.07, 6.45) is 39.8. The zero-order valence-electron chi connectivity index (χ0n) is 37.4. The number of rotatable bonds is 42. The smallest absolute Gasteiger partial charge is 0.462 e. The molecular weight excluding hydrogens is 725 g/mol. The van der Waals surface area contributed by atoms with Gasteiger partial charge in [-0.25, -0.2) is 4.57 Å². The van der Waals surface area contributed by atoms with E-state index >= 15 is 0 Å². The van der Waals surface area contributed by atoms with Gasteiger partial charge in [0.25, 0.3) is 0 Å². The fraction of sp³-hybridized carbons (Fsp3) is 0.870. The number of phosphoric acid groups is 1. The Morgan fingerprint density at radius 3 is 1.36 bits per heavy atom. The largest absolute Gasteiger partial charge is 0.475 e. The van der Waals surface area contributed by atoms with E-state index in [0.717, 1.165) is 70.6 Å². The van der Waals surface area contributed by atoms with E-state index in [9.17, 15) is 14.2 Å². The molecule has 56 heavy (non-hydrogen) atoms. The minimum absolute atomic E-state index is 0.131. The van der Waals surface area contributed by atoms with E-state index < -0.39 is 13.9 Å². The van der Waals surface area contributed by atoms with Crippen LogP contribution in [-0.2, 0) is 37.2 Å². The lowest BCUT2D eigenvalue weighted by Crippen LogP contribution is -2.37. The second kappa shape index (κ2) is 39.0. The highest BCUT2D eigenvalue weighted by molar-refractivity contribution is 7.48. The molecule has 0 saturated heterocycles. The molecule has 0 aliphatic carbocycles. The Bertz CT molecular complexity index is 1010. The van der Waals surface area contributed by atoms with Crippen molar-refractivity contribution in [1.29, 1.82) is 0 Å². The number of nitrogens with zero attached hydrogens (tertiary/aromatic N) is 1. The van der Waals surface area contributed by atoms with Gasteiger partial charge in [-0.3, -0.25) is 23.2 Å². The van der Waals surface area contributed by atoms with Gasteiger partial charge in [0.15, 0.2) is 6.10 Å². The van der Waals surface area contributed by atoms with Crippen molar-refractivity contribution < 1.29 is 41.7 Å². The number of allylic oxidation sites excluding steroid dienone is 4. The predicted octanol–water partition coefficient (Wildman–Crippen LogP) is 13.4. The van der Waals surface area contributed by atoms with Gasteiger partial charge in [-0.2, -0.15) is 0 Å². The molecule has 0 aromatic carbocycles. The third-order valence-electron chi connectivity index (χ3n) is 9.73. The molecule has 0 saturated carbocycles. The van der Waals surface area contributed by atoms with Crippen molar-refractivity contribution in [3.63, 3.8) is 0 Å². The van der Waals surface area contributed by atoms with Crippen LogP contribution >= 0.6 is 7.82 Å². The number of hydrogen-bond acceptors (Lipinski definition) is 8. The summed E-state index contributed by atoms with van der Waals surface area (Å²) in [6, 6.07) is 0. The topological polar surface area (TPSA) is 97.4 Å². The van der Waals surface area contributed by atoms with Gasteiger partial charge in [0.05, 0.1) is 34.4 Å². The maximum atomic E-state index is 13.3. The van der Waals surface area contributed by atoms with Crippen LogP contribution in [0.1, 0.15) is 201 Å². The van der Waals surface area contributed by atoms with Crippen LogP contribution in [-0.4, -0.2) is 76.6 Å². The van der Waals surface area contributed by atoms with Gasteiger partial charge < -0.3 is 14.0 Å². The molecule has 0 aliphatic heterocycles. The number of unbranched alkanes of at least 4 members (excludes halogenated alkanes) is 22. The Kier molecular flexibility index (Phi) is 37.9. The second-order valence-corrected chi connectivity index (χ2v) is 18.1. The predicted molar refractivity (Wildman–Crippen MR) is 234 cm³/mol. The zero-order chi connectivity index (χ0) is 41.4. The summed E-state index contributed by atoms with van der Waals surface area (Å²) in [6.45, 7) is 6.69.